The fourth-order valence-corrected chi connectivity index (χ4v) is 3.01. The van der Waals surface area contributed by atoms with Crippen molar-refractivity contribution in [2.45, 2.75) is 25.8 Å². The van der Waals surface area contributed by atoms with E-state index in [0.29, 0.717) is 6.04 Å². The van der Waals surface area contributed by atoms with E-state index in [0.717, 1.165) is 48.9 Å². The Morgan fingerprint density at radius 1 is 1.13 bits per heavy atom. The van der Waals surface area contributed by atoms with Crippen LogP contribution in [0.1, 0.15) is 18.5 Å². The first-order chi connectivity index (χ1) is 11.3. The minimum Gasteiger partial charge on any atom is -0.362 e. The average Bonchev–Trinajstić information content (AvgIpc) is 3.06. The maximum absolute atomic E-state index is 4.44. The van der Waals surface area contributed by atoms with Crippen LogP contribution < -0.4 is 10.2 Å². The van der Waals surface area contributed by atoms with Gasteiger partial charge < -0.3 is 14.6 Å². The van der Waals surface area contributed by atoms with Gasteiger partial charge in [0.25, 0.3) is 0 Å². The second-order valence-electron chi connectivity index (χ2n) is 5.90. The molecule has 1 unspecified atom stereocenters. The number of hydrogen-bond acceptors (Lipinski definition) is 6. The van der Waals surface area contributed by atoms with Gasteiger partial charge in [0.15, 0.2) is 17.3 Å². The number of nitrogens with one attached hydrogen (secondary N) is 1. The highest BCUT2D eigenvalue weighted by Crippen LogP contribution is 2.21. The van der Waals surface area contributed by atoms with Gasteiger partial charge in [-0.2, -0.15) is 5.10 Å². The Kier molecular flexibility index (Phi) is 3.53. The zero-order valence-electron chi connectivity index (χ0n) is 13.1. The van der Waals surface area contributed by atoms with Crippen molar-refractivity contribution in [1.29, 1.82) is 0 Å². The molecule has 1 N–H and O–H groups in total. The quantitative estimate of drug-likeness (QED) is 0.797. The molecule has 1 aliphatic heterocycles. The molecule has 0 saturated carbocycles. The molecule has 1 atom stereocenters. The van der Waals surface area contributed by atoms with E-state index in [1.54, 1.807) is 12.4 Å². The predicted octanol–water partition coefficient (Wildman–Crippen LogP) is 1.91. The van der Waals surface area contributed by atoms with Crippen LogP contribution in [0.5, 0.6) is 0 Å². The third kappa shape index (κ3) is 2.81. The number of imidazole rings is 1. The Morgan fingerprint density at radius 2 is 2.00 bits per heavy atom. The molecule has 23 heavy (non-hydrogen) atoms. The van der Waals surface area contributed by atoms with Crippen molar-refractivity contribution in [3.63, 3.8) is 0 Å². The first-order valence-corrected chi connectivity index (χ1v) is 7.89. The topological polar surface area (TPSA) is 71.2 Å². The van der Waals surface area contributed by atoms with Gasteiger partial charge in [0.2, 0.25) is 0 Å². The number of rotatable bonds is 3. The molecule has 1 aliphatic rings. The summed E-state index contributed by atoms with van der Waals surface area (Å²) in [6, 6.07) is 4.37. The second-order valence-corrected chi connectivity index (χ2v) is 5.90. The van der Waals surface area contributed by atoms with E-state index in [-0.39, 0.29) is 0 Å². The van der Waals surface area contributed by atoms with E-state index in [4.69, 9.17) is 0 Å². The molecule has 7 heteroatoms. The smallest absolute Gasteiger partial charge is 0.180 e. The summed E-state index contributed by atoms with van der Waals surface area (Å²) >= 11 is 0. The number of nitrogens with zero attached hydrogens (tertiary/aromatic N) is 6. The highest BCUT2D eigenvalue weighted by molar-refractivity contribution is 5.62. The lowest BCUT2D eigenvalue weighted by Gasteiger charge is -2.33. The maximum atomic E-state index is 4.44. The van der Waals surface area contributed by atoms with E-state index in [9.17, 15) is 0 Å². The van der Waals surface area contributed by atoms with Crippen molar-refractivity contribution in [3.8, 4) is 0 Å². The van der Waals surface area contributed by atoms with E-state index in [2.05, 4.69) is 30.4 Å². The summed E-state index contributed by atoms with van der Waals surface area (Å²) in [6.45, 7) is 3.85. The fraction of sp³-hybridized carbons (Fsp3) is 0.375. The van der Waals surface area contributed by atoms with E-state index >= 15 is 0 Å². The van der Waals surface area contributed by atoms with Gasteiger partial charge in [-0.25, -0.2) is 9.97 Å². The van der Waals surface area contributed by atoms with Gasteiger partial charge in [-0.15, -0.1) is 5.10 Å². The first-order valence-electron chi connectivity index (χ1n) is 7.89. The first kappa shape index (κ1) is 13.9. The molecule has 4 heterocycles. The lowest BCUT2D eigenvalue weighted by Crippen LogP contribution is -2.42. The molecule has 0 aliphatic carbocycles. The summed E-state index contributed by atoms with van der Waals surface area (Å²) in [7, 11) is 0. The number of fused-ring (bicyclic) bond motifs is 1. The summed E-state index contributed by atoms with van der Waals surface area (Å²) in [4.78, 5) is 11.1. The highest BCUT2D eigenvalue weighted by atomic mass is 15.3. The molecule has 118 valence electrons. The van der Waals surface area contributed by atoms with E-state index < -0.39 is 0 Å². The number of anilines is 2. The molecule has 0 bridgehead atoms. The van der Waals surface area contributed by atoms with Crippen LogP contribution in [-0.4, -0.2) is 43.7 Å². The molecule has 0 aromatic carbocycles. The second kappa shape index (κ2) is 5.83. The normalized spacial score (nSPS) is 18.3. The lowest BCUT2D eigenvalue weighted by molar-refractivity contribution is 0.524. The summed E-state index contributed by atoms with van der Waals surface area (Å²) in [5, 5.41) is 12.0. The van der Waals surface area contributed by atoms with Crippen LogP contribution >= 0.6 is 0 Å². The Morgan fingerprint density at radius 3 is 2.83 bits per heavy atom. The van der Waals surface area contributed by atoms with Gasteiger partial charge in [0.05, 0.1) is 5.69 Å². The van der Waals surface area contributed by atoms with E-state index in [1.165, 1.54) is 0 Å². The third-order valence-corrected chi connectivity index (χ3v) is 4.18. The molecular weight excluding hydrogens is 290 g/mol. The lowest BCUT2D eigenvalue weighted by atomic mass is 10.1. The van der Waals surface area contributed by atoms with Crippen molar-refractivity contribution < 1.29 is 0 Å². The zero-order chi connectivity index (χ0) is 15.6. The van der Waals surface area contributed by atoms with Crippen LogP contribution in [0, 0.1) is 6.92 Å². The molecule has 0 radical (unpaired) electrons. The summed E-state index contributed by atoms with van der Waals surface area (Å²) in [6.07, 6.45) is 9.64. The zero-order valence-corrected chi connectivity index (χ0v) is 13.1. The summed E-state index contributed by atoms with van der Waals surface area (Å²) in [5.41, 5.74) is 1.80. The Hall–Kier alpha value is -2.70. The minimum absolute atomic E-state index is 0.322. The van der Waals surface area contributed by atoms with Crippen molar-refractivity contribution in [2.75, 3.05) is 23.3 Å². The van der Waals surface area contributed by atoms with Crippen molar-refractivity contribution >= 4 is 17.3 Å². The minimum atomic E-state index is 0.322. The van der Waals surface area contributed by atoms with Gasteiger partial charge in [-0.3, -0.25) is 0 Å². The molecule has 7 nitrogen and oxygen atoms in total. The standard InChI is InChI=1S/C16H19N7/c1-12-4-5-14(21-20-12)23-8-2-3-13(11-23)19-15-16-18-7-10-22(16)9-6-17-15/h4-7,9-10,13H,2-3,8,11H2,1H3,(H,17,19). The van der Waals surface area contributed by atoms with Crippen molar-refractivity contribution in [1.82, 2.24) is 24.6 Å². The Balaban J connectivity index is 1.51. The molecule has 0 amide bonds. The van der Waals surface area contributed by atoms with Gasteiger partial charge in [-0.1, -0.05) is 0 Å². The van der Waals surface area contributed by atoms with Crippen molar-refractivity contribution in [3.05, 3.63) is 42.6 Å². The molecule has 1 saturated heterocycles. The molecule has 3 aromatic heterocycles. The molecule has 1 fully saturated rings. The Bertz CT molecular complexity index is 796. The maximum Gasteiger partial charge on any atom is 0.180 e. The monoisotopic (exact) mass is 309 g/mol. The fourth-order valence-electron chi connectivity index (χ4n) is 3.01. The largest absolute Gasteiger partial charge is 0.362 e. The molecular formula is C16H19N7. The van der Waals surface area contributed by atoms with Gasteiger partial charge in [-0.05, 0) is 31.9 Å². The Labute approximate surface area is 134 Å². The number of piperidine rings is 1. The summed E-state index contributed by atoms with van der Waals surface area (Å²) in [5.74, 6) is 1.77. The molecule has 0 spiro atoms. The van der Waals surface area contributed by atoms with Crippen LogP contribution in [-0.2, 0) is 0 Å². The highest BCUT2D eigenvalue weighted by Gasteiger charge is 2.22. The third-order valence-electron chi connectivity index (χ3n) is 4.18. The van der Waals surface area contributed by atoms with Crippen LogP contribution in [0.4, 0.5) is 11.6 Å². The SMILES string of the molecule is Cc1ccc(N2CCCC(Nc3nccn4ccnc34)C2)nn1. The van der Waals surface area contributed by atoms with Crippen LogP contribution in [0.25, 0.3) is 5.65 Å². The van der Waals surface area contributed by atoms with Gasteiger partial charge in [0.1, 0.15) is 0 Å². The predicted molar refractivity (Wildman–Crippen MR) is 88.6 cm³/mol. The molecule has 4 rings (SSSR count). The van der Waals surface area contributed by atoms with Crippen molar-refractivity contribution in [2.24, 2.45) is 0 Å². The number of aryl methyl sites for hydroxylation is 1. The average molecular weight is 309 g/mol. The number of aromatic nitrogens is 5. The van der Waals surface area contributed by atoms with Gasteiger partial charge >= 0.3 is 0 Å². The van der Waals surface area contributed by atoms with Crippen LogP contribution in [0.2, 0.25) is 0 Å². The number of hydrogen-bond donors (Lipinski definition) is 1. The van der Waals surface area contributed by atoms with E-state index in [1.807, 2.05) is 35.9 Å². The van der Waals surface area contributed by atoms with Crippen LogP contribution in [0.15, 0.2) is 36.9 Å². The van der Waals surface area contributed by atoms with Gasteiger partial charge in [0, 0.05) is 43.9 Å². The van der Waals surface area contributed by atoms with Crippen LogP contribution in [0.3, 0.4) is 0 Å². The molecule has 3 aromatic rings. The summed E-state index contributed by atoms with van der Waals surface area (Å²) < 4.78 is 1.97.